The van der Waals surface area contributed by atoms with Crippen LogP contribution in [0.4, 0.5) is 0 Å². The van der Waals surface area contributed by atoms with Crippen LogP contribution >= 0.6 is 24.8 Å². The van der Waals surface area contributed by atoms with Crippen molar-refractivity contribution in [1.29, 1.82) is 0 Å². The molecule has 0 amide bonds. The molecule has 0 bridgehead atoms. The van der Waals surface area contributed by atoms with E-state index in [0.717, 1.165) is 19.3 Å². The van der Waals surface area contributed by atoms with E-state index in [1.807, 2.05) is 0 Å². The number of fused-ring (bicyclic) bond motifs is 3. The summed E-state index contributed by atoms with van der Waals surface area (Å²) in [6, 6.07) is 13.7. The first-order chi connectivity index (χ1) is 11.0. The average molecular weight is 465 g/mol. The number of benzene rings is 2. The van der Waals surface area contributed by atoms with Crippen molar-refractivity contribution < 1.29 is 26.2 Å². The van der Waals surface area contributed by atoms with E-state index in [-0.39, 0.29) is 56.4 Å². The minimum atomic E-state index is 0. The summed E-state index contributed by atoms with van der Waals surface area (Å²) in [5.74, 6) is 0. The van der Waals surface area contributed by atoms with Gasteiger partial charge in [-0.3, -0.25) is 0 Å². The molecule has 2 aromatic rings. The summed E-state index contributed by atoms with van der Waals surface area (Å²) in [6.07, 6.45) is 10.0. The second-order valence-corrected chi connectivity index (χ2v) is 7.84. The van der Waals surface area contributed by atoms with Gasteiger partial charge in [-0.25, -0.2) is 0 Å². The molecular formula is C23H26Cl2Zr. The molecule has 136 valence electrons. The van der Waals surface area contributed by atoms with Crippen molar-refractivity contribution in [2.75, 3.05) is 0 Å². The van der Waals surface area contributed by atoms with E-state index in [4.69, 9.17) is 0 Å². The SMILES string of the molecule is CC(C)(C)c1ccc(CC2=CC=CC2)c2c1-c1ccccc1C2.Cl.Cl.[Zr]. The normalized spacial score (nSPS) is 13.7. The summed E-state index contributed by atoms with van der Waals surface area (Å²) in [5.41, 5.74) is 10.7. The Kier molecular flexibility index (Phi) is 8.15. The fourth-order valence-corrected chi connectivity index (χ4v) is 3.97. The molecule has 0 saturated heterocycles. The molecule has 0 fully saturated rings. The van der Waals surface area contributed by atoms with Crippen LogP contribution in [0.2, 0.25) is 0 Å². The predicted molar refractivity (Wildman–Crippen MR) is 113 cm³/mol. The van der Waals surface area contributed by atoms with Crippen LogP contribution in [0.25, 0.3) is 11.1 Å². The quantitative estimate of drug-likeness (QED) is 0.390. The third-order valence-corrected chi connectivity index (χ3v) is 5.14. The molecule has 2 aliphatic rings. The third-order valence-electron chi connectivity index (χ3n) is 5.14. The molecule has 0 N–H and O–H groups in total. The Bertz CT molecular complexity index is 842. The van der Waals surface area contributed by atoms with E-state index < -0.39 is 0 Å². The molecule has 0 atom stereocenters. The number of halogens is 2. The smallest absolute Gasteiger partial charge is 0 e. The van der Waals surface area contributed by atoms with Crippen LogP contribution < -0.4 is 0 Å². The van der Waals surface area contributed by atoms with E-state index in [9.17, 15) is 0 Å². The number of allylic oxidation sites excluding steroid dienone is 4. The van der Waals surface area contributed by atoms with Crippen molar-refractivity contribution in [3.05, 3.63) is 82.5 Å². The van der Waals surface area contributed by atoms with Crippen LogP contribution in [-0.2, 0) is 44.5 Å². The Morgan fingerprint density at radius 1 is 0.962 bits per heavy atom. The van der Waals surface area contributed by atoms with Gasteiger partial charge in [-0.1, -0.05) is 81.0 Å². The predicted octanol–water partition coefficient (Wildman–Crippen LogP) is 6.83. The maximum atomic E-state index is 2.38. The van der Waals surface area contributed by atoms with E-state index >= 15 is 0 Å². The van der Waals surface area contributed by atoms with E-state index in [1.54, 1.807) is 5.56 Å². The first-order valence-electron chi connectivity index (χ1n) is 8.62. The van der Waals surface area contributed by atoms with Crippen LogP contribution in [0.3, 0.4) is 0 Å². The van der Waals surface area contributed by atoms with Gasteiger partial charge in [0.05, 0.1) is 0 Å². The summed E-state index contributed by atoms with van der Waals surface area (Å²) in [6.45, 7) is 6.98. The van der Waals surface area contributed by atoms with Gasteiger partial charge < -0.3 is 0 Å². The zero-order valence-corrected chi connectivity index (χ0v) is 19.7. The van der Waals surface area contributed by atoms with Crippen molar-refractivity contribution >= 4 is 24.8 Å². The number of hydrogen-bond acceptors (Lipinski definition) is 0. The van der Waals surface area contributed by atoms with Crippen LogP contribution in [0.5, 0.6) is 0 Å². The van der Waals surface area contributed by atoms with E-state index in [2.05, 4.69) is 75.4 Å². The molecule has 2 aliphatic carbocycles. The molecule has 3 heteroatoms. The van der Waals surface area contributed by atoms with Crippen LogP contribution in [-0.4, -0.2) is 0 Å². The zero-order valence-electron chi connectivity index (χ0n) is 15.6. The van der Waals surface area contributed by atoms with Gasteiger partial charge in [-0.2, -0.15) is 0 Å². The molecule has 26 heavy (non-hydrogen) atoms. The van der Waals surface area contributed by atoms with Gasteiger partial charge in [0.1, 0.15) is 0 Å². The minimum absolute atomic E-state index is 0. The Morgan fingerprint density at radius 2 is 1.69 bits per heavy atom. The average Bonchev–Trinajstić information content (AvgIpc) is 3.13. The number of rotatable bonds is 2. The minimum Gasteiger partial charge on any atom is -0.147 e. The van der Waals surface area contributed by atoms with Gasteiger partial charge >= 0.3 is 0 Å². The molecule has 0 spiro atoms. The van der Waals surface area contributed by atoms with Gasteiger partial charge in [-0.15, -0.1) is 24.8 Å². The Hall–Kier alpha value is -0.617. The summed E-state index contributed by atoms with van der Waals surface area (Å²) >= 11 is 0. The fraction of sp³-hybridized carbons (Fsp3) is 0.304. The fourth-order valence-electron chi connectivity index (χ4n) is 3.97. The molecule has 2 aromatic carbocycles. The van der Waals surface area contributed by atoms with Crippen LogP contribution in [0.15, 0.2) is 60.2 Å². The summed E-state index contributed by atoms with van der Waals surface area (Å²) in [4.78, 5) is 0. The molecule has 0 heterocycles. The van der Waals surface area contributed by atoms with Crippen molar-refractivity contribution in [1.82, 2.24) is 0 Å². The van der Waals surface area contributed by atoms with Crippen molar-refractivity contribution in [3.8, 4) is 11.1 Å². The second-order valence-electron chi connectivity index (χ2n) is 7.84. The maximum Gasteiger partial charge on any atom is 0 e. The molecule has 0 aromatic heterocycles. The van der Waals surface area contributed by atoms with Crippen LogP contribution in [0.1, 0.15) is 49.4 Å². The standard InChI is InChI=1S/C23H24.2ClH.Zr/c1-23(2,3)21-13-12-18(14-16-8-4-5-9-16)20-15-17-10-6-7-11-19(17)22(20)21;;;/h4-8,10-13H,9,14-15H2,1-3H3;2*1H;. The zero-order chi connectivity index (χ0) is 16.0. The van der Waals surface area contributed by atoms with E-state index in [0.29, 0.717) is 0 Å². The first kappa shape index (κ1) is 23.4. The van der Waals surface area contributed by atoms with E-state index in [1.165, 1.54) is 33.4 Å². The maximum absolute atomic E-state index is 2.38. The molecule has 0 aliphatic heterocycles. The monoisotopic (exact) mass is 462 g/mol. The third kappa shape index (κ3) is 4.27. The van der Waals surface area contributed by atoms with Gasteiger partial charge in [0, 0.05) is 26.2 Å². The van der Waals surface area contributed by atoms with Gasteiger partial charge in [0.15, 0.2) is 0 Å². The Labute approximate surface area is 189 Å². The Morgan fingerprint density at radius 3 is 2.35 bits per heavy atom. The number of hydrogen-bond donors (Lipinski definition) is 0. The van der Waals surface area contributed by atoms with Crippen LogP contribution in [0, 0.1) is 0 Å². The topological polar surface area (TPSA) is 0 Å². The summed E-state index contributed by atoms with van der Waals surface area (Å²) in [5, 5.41) is 0. The van der Waals surface area contributed by atoms with Gasteiger partial charge in [0.2, 0.25) is 0 Å². The molecule has 0 saturated carbocycles. The molecule has 4 rings (SSSR count). The van der Waals surface area contributed by atoms with Crippen molar-refractivity contribution in [2.24, 2.45) is 0 Å². The second kappa shape index (κ2) is 9.05. The van der Waals surface area contributed by atoms with Gasteiger partial charge in [-0.05, 0) is 58.1 Å². The molecule has 0 nitrogen and oxygen atoms in total. The summed E-state index contributed by atoms with van der Waals surface area (Å²) < 4.78 is 0. The van der Waals surface area contributed by atoms with Gasteiger partial charge in [0.25, 0.3) is 0 Å². The van der Waals surface area contributed by atoms with Crippen molar-refractivity contribution in [3.63, 3.8) is 0 Å². The van der Waals surface area contributed by atoms with Crippen molar-refractivity contribution in [2.45, 2.75) is 45.4 Å². The Balaban J connectivity index is 0.00000113. The summed E-state index contributed by atoms with van der Waals surface area (Å²) in [7, 11) is 0. The largest absolute Gasteiger partial charge is 0.147 e. The molecule has 0 radical (unpaired) electrons. The molecule has 0 unspecified atom stereocenters. The molecular weight excluding hydrogens is 438 g/mol. The first-order valence-corrected chi connectivity index (χ1v) is 8.62.